The van der Waals surface area contributed by atoms with Crippen LogP contribution in [0, 0.1) is 0 Å². The molecule has 1 saturated carbocycles. The van der Waals surface area contributed by atoms with E-state index in [1.54, 1.807) is 30.3 Å². The molecule has 0 bridgehead atoms. The third-order valence-electron chi connectivity index (χ3n) is 3.55. The highest BCUT2D eigenvalue weighted by Gasteiger charge is 2.41. The van der Waals surface area contributed by atoms with Crippen molar-refractivity contribution in [3.8, 4) is 0 Å². The van der Waals surface area contributed by atoms with E-state index in [0.717, 1.165) is 6.42 Å². The van der Waals surface area contributed by atoms with Crippen LogP contribution >= 0.6 is 0 Å². The van der Waals surface area contributed by atoms with Gasteiger partial charge in [0, 0.05) is 0 Å². The van der Waals surface area contributed by atoms with Gasteiger partial charge in [-0.15, -0.1) is 0 Å². The molecule has 1 aromatic carbocycles. The number of rotatable bonds is 5. The normalized spacial score (nSPS) is 18.2. The van der Waals surface area contributed by atoms with Crippen molar-refractivity contribution in [2.75, 3.05) is 0 Å². The first-order valence-electron chi connectivity index (χ1n) is 6.29. The predicted molar refractivity (Wildman–Crippen MR) is 68.4 cm³/mol. The quantitative estimate of drug-likeness (QED) is 0.745. The summed E-state index contributed by atoms with van der Waals surface area (Å²) in [6.45, 7) is 0. The summed E-state index contributed by atoms with van der Waals surface area (Å²) in [5, 5.41) is 21.5. The first-order chi connectivity index (χ1) is 9.02. The Morgan fingerprint density at radius 3 is 2.37 bits per heavy atom. The molecule has 0 heterocycles. The number of aliphatic carboxylic acids is 1. The molecule has 3 N–H and O–H groups in total. The number of hydrogen-bond donors (Lipinski definition) is 3. The Morgan fingerprint density at radius 1 is 1.26 bits per heavy atom. The van der Waals surface area contributed by atoms with Gasteiger partial charge in [-0.25, -0.2) is 0 Å². The number of amides is 1. The van der Waals surface area contributed by atoms with Crippen molar-refractivity contribution in [1.82, 2.24) is 5.32 Å². The van der Waals surface area contributed by atoms with E-state index in [-0.39, 0.29) is 6.42 Å². The van der Waals surface area contributed by atoms with Gasteiger partial charge in [-0.05, 0) is 24.8 Å². The fraction of sp³-hybridized carbons (Fsp3) is 0.429. The maximum Gasteiger partial charge on any atom is 0.305 e. The van der Waals surface area contributed by atoms with Gasteiger partial charge in [-0.1, -0.05) is 30.3 Å². The molecule has 102 valence electrons. The number of aliphatic hydroxyl groups is 1. The lowest BCUT2D eigenvalue weighted by molar-refractivity contribution is -0.141. The van der Waals surface area contributed by atoms with Gasteiger partial charge >= 0.3 is 5.97 Å². The van der Waals surface area contributed by atoms with Crippen molar-refractivity contribution < 1.29 is 19.8 Å². The zero-order valence-electron chi connectivity index (χ0n) is 10.5. The standard InChI is InChI=1S/C14H17NO4/c16-11(17)9-14(7-4-8-14)15-13(19)12(18)10-5-2-1-3-6-10/h1-3,5-6,12,18H,4,7-9H2,(H,15,19)(H,16,17). The van der Waals surface area contributed by atoms with Gasteiger partial charge in [-0.2, -0.15) is 0 Å². The molecule has 1 aliphatic carbocycles. The van der Waals surface area contributed by atoms with Crippen LogP contribution < -0.4 is 5.32 Å². The zero-order valence-corrected chi connectivity index (χ0v) is 10.5. The van der Waals surface area contributed by atoms with Gasteiger partial charge in [0.05, 0.1) is 12.0 Å². The third-order valence-corrected chi connectivity index (χ3v) is 3.55. The Bertz CT molecular complexity index is 468. The van der Waals surface area contributed by atoms with Crippen LogP contribution in [0.15, 0.2) is 30.3 Å². The summed E-state index contributed by atoms with van der Waals surface area (Å²) in [5.74, 6) is -1.47. The van der Waals surface area contributed by atoms with Crippen LogP contribution in [-0.2, 0) is 9.59 Å². The summed E-state index contributed by atoms with van der Waals surface area (Å²) in [6, 6.07) is 8.60. The van der Waals surface area contributed by atoms with Crippen LogP contribution in [0.2, 0.25) is 0 Å². The van der Waals surface area contributed by atoms with Crippen LogP contribution in [0.5, 0.6) is 0 Å². The number of carboxylic acid groups (broad SMARTS) is 1. The second-order valence-corrected chi connectivity index (χ2v) is 5.01. The third kappa shape index (κ3) is 3.12. The molecule has 1 aliphatic rings. The van der Waals surface area contributed by atoms with Gasteiger partial charge in [-0.3, -0.25) is 9.59 Å². The second kappa shape index (κ2) is 5.40. The van der Waals surface area contributed by atoms with Crippen molar-refractivity contribution in [2.45, 2.75) is 37.3 Å². The summed E-state index contributed by atoms with van der Waals surface area (Å²) in [6.07, 6.45) is 0.835. The Kier molecular flexibility index (Phi) is 3.85. The second-order valence-electron chi connectivity index (χ2n) is 5.01. The highest BCUT2D eigenvalue weighted by molar-refractivity contribution is 5.83. The first kappa shape index (κ1) is 13.5. The van der Waals surface area contributed by atoms with E-state index in [1.807, 2.05) is 0 Å². The van der Waals surface area contributed by atoms with E-state index >= 15 is 0 Å². The first-order valence-corrected chi connectivity index (χ1v) is 6.29. The molecule has 1 fully saturated rings. The van der Waals surface area contributed by atoms with Crippen LogP contribution in [0.25, 0.3) is 0 Å². The predicted octanol–water partition coefficient (Wildman–Crippen LogP) is 1.23. The molecule has 19 heavy (non-hydrogen) atoms. The van der Waals surface area contributed by atoms with Crippen LogP contribution in [-0.4, -0.2) is 27.6 Å². The summed E-state index contributed by atoms with van der Waals surface area (Å²) in [4.78, 5) is 22.8. The Labute approximate surface area is 111 Å². The van der Waals surface area contributed by atoms with E-state index < -0.39 is 23.5 Å². The van der Waals surface area contributed by atoms with Crippen LogP contribution in [0.3, 0.4) is 0 Å². The minimum Gasteiger partial charge on any atom is -0.481 e. The van der Waals surface area contributed by atoms with E-state index in [9.17, 15) is 14.7 Å². The van der Waals surface area contributed by atoms with Crippen molar-refractivity contribution in [3.05, 3.63) is 35.9 Å². The van der Waals surface area contributed by atoms with E-state index in [2.05, 4.69) is 5.32 Å². The number of carbonyl (C=O) groups excluding carboxylic acids is 1. The summed E-state index contributed by atoms with van der Waals surface area (Å²) >= 11 is 0. The van der Waals surface area contributed by atoms with Gasteiger partial charge < -0.3 is 15.5 Å². The van der Waals surface area contributed by atoms with Gasteiger partial charge in [0.15, 0.2) is 6.10 Å². The molecule has 1 unspecified atom stereocenters. The van der Waals surface area contributed by atoms with E-state index in [1.165, 1.54) is 0 Å². The highest BCUT2D eigenvalue weighted by atomic mass is 16.4. The Balaban J connectivity index is 2.02. The molecule has 0 spiro atoms. The molecule has 0 aliphatic heterocycles. The van der Waals surface area contributed by atoms with Gasteiger partial charge in [0.2, 0.25) is 0 Å². The van der Waals surface area contributed by atoms with E-state index in [0.29, 0.717) is 18.4 Å². The number of hydrogen-bond acceptors (Lipinski definition) is 3. The van der Waals surface area contributed by atoms with Crippen LogP contribution in [0.1, 0.15) is 37.4 Å². The minimum absolute atomic E-state index is 0.0970. The molecule has 0 saturated heterocycles. The molecule has 5 heteroatoms. The molecule has 0 radical (unpaired) electrons. The average molecular weight is 263 g/mol. The topological polar surface area (TPSA) is 86.6 Å². The number of aliphatic hydroxyl groups excluding tert-OH is 1. The van der Waals surface area contributed by atoms with Crippen molar-refractivity contribution in [2.24, 2.45) is 0 Å². The van der Waals surface area contributed by atoms with E-state index in [4.69, 9.17) is 5.11 Å². The minimum atomic E-state index is -1.26. The van der Waals surface area contributed by atoms with Crippen molar-refractivity contribution in [1.29, 1.82) is 0 Å². The maximum absolute atomic E-state index is 12.0. The SMILES string of the molecule is O=C(O)CC1(NC(=O)C(O)c2ccccc2)CCC1. The summed E-state index contributed by atoms with van der Waals surface area (Å²) < 4.78 is 0. The molecule has 1 atom stereocenters. The number of carboxylic acids is 1. The summed E-state index contributed by atoms with van der Waals surface area (Å²) in [7, 11) is 0. The lowest BCUT2D eigenvalue weighted by Gasteiger charge is -2.41. The smallest absolute Gasteiger partial charge is 0.305 e. The number of carbonyl (C=O) groups is 2. The Morgan fingerprint density at radius 2 is 1.89 bits per heavy atom. The summed E-state index contributed by atoms with van der Waals surface area (Å²) in [5.41, 5.74) is -0.177. The fourth-order valence-electron chi connectivity index (χ4n) is 2.36. The average Bonchev–Trinajstić information content (AvgIpc) is 2.35. The van der Waals surface area contributed by atoms with Crippen molar-refractivity contribution in [3.63, 3.8) is 0 Å². The maximum atomic E-state index is 12.0. The van der Waals surface area contributed by atoms with Crippen LogP contribution in [0.4, 0.5) is 0 Å². The fourth-order valence-corrected chi connectivity index (χ4v) is 2.36. The monoisotopic (exact) mass is 263 g/mol. The molecule has 1 amide bonds. The van der Waals surface area contributed by atoms with Gasteiger partial charge in [0.25, 0.3) is 5.91 Å². The zero-order chi connectivity index (χ0) is 13.9. The van der Waals surface area contributed by atoms with Gasteiger partial charge in [0.1, 0.15) is 0 Å². The lowest BCUT2D eigenvalue weighted by atomic mass is 9.74. The lowest BCUT2D eigenvalue weighted by Crippen LogP contribution is -2.55. The van der Waals surface area contributed by atoms with Crippen molar-refractivity contribution >= 4 is 11.9 Å². The number of nitrogens with one attached hydrogen (secondary N) is 1. The molecule has 0 aromatic heterocycles. The molecule has 5 nitrogen and oxygen atoms in total. The molecule has 2 rings (SSSR count). The highest BCUT2D eigenvalue weighted by Crippen LogP contribution is 2.35. The molecular formula is C14H17NO4. The molecule has 1 aromatic rings. The number of benzene rings is 1. The Hall–Kier alpha value is -1.88. The largest absolute Gasteiger partial charge is 0.481 e. The molecular weight excluding hydrogens is 246 g/mol.